The van der Waals surface area contributed by atoms with Crippen LogP contribution in [-0.4, -0.2) is 19.2 Å². The molecule has 1 aromatic heterocycles. The van der Waals surface area contributed by atoms with E-state index in [1.807, 2.05) is 48.6 Å². The zero-order valence-corrected chi connectivity index (χ0v) is 14.7. The van der Waals surface area contributed by atoms with Gasteiger partial charge in [-0.15, -0.1) is 0 Å². The van der Waals surface area contributed by atoms with Crippen LogP contribution in [0.5, 0.6) is 11.5 Å². The molecule has 5 heteroatoms. The smallest absolute Gasteiger partial charge is 0.123 e. The van der Waals surface area contributed by atoms with Crippen LogP contribution >= 0.6 is 23.2 Å². The predicted molar refractivity (Wildman–Crippen MR) is 100 cm³/mol. The number of methoxy groups -OCH3 is 2. The highest BCUT2D eigenvalue weighted by Gasteiger charge is 2.04. The van der Waals surface area contributed by atoms with Gasteiger partial charge in [-0.3, -0.25) is 0 Å². The molecule has 24 heavy (non-hydrogen) atoms. The zero-order valence-electron chi connectivity index (χ0n) is 13.2. The normalized spacial score (nSPS) is 11.2. The van der Waals surface area contributed by atoms with Gasteiger partial charge in [0.15, 0.2) is 0 Å². The first kappa shape index (κ1) is 16.6. The van der Waals surface area contributed by atoms with Gasteiger partial charge in [0.2, 0.25) is 0 Å². The van der Waals surface area contributed by atoms with Crippen molar-refractivity contribution in [1.82, 2.24) is 4.98 Å². The molecule has 0 fully saturated rings. The van der Waals surface area contributed by atoms with Crippen LogP contribution in [0.3, 0.4) is 0 Å². The van der Waals surface area contributed by atoms with Crippen LogP contribution in [0.4, 0.5) is 0 Å². The molecule has 0 aliphatic heterocycles. The van der Waals surface area contributed by atoms with Gasteiger partial charge in [-0.1, -0.05) is 29.3 Å². The van der Waals surface area contributed by atoms with Crippen molar-refractivity contribution in [2.24, 2.45) is 0 Å². The minimum absolute atomic E-state index is 0.616. The Morgan fingerprint density at radius 3 is 2.25 bits per heavy atom. The minimum Gasteiger partial charge on any atom is -0.497 e. The van der Waals surface area contributed by atoms with Gasteiger partial charge in [0.05, 0.1) is 30.5 Å². The summed E-state index contributed by atoms with van der Waals surface area (Å²) in [5, 5.41) is 2.09. The lowest BCUT2D eigenvalue weighted by atomic mass is 10.1. The summed E-state index contributed by atoms with van der Waals surface area (Å²) in [7, 11) is 3.25. The van der Waals surface area contributed by atoms with E-state index in [1.54, 1.807) is 20.3 Å². The number of aromatic nitrogens is 1. The summed E-state index contributed by atoms with van der Waals surface area (Å²) in [4.78, 5) is 4.59. The molecule has 0 aliphatic carbocycles. The second-order valence-corrected chi connectivity index (χ2v) is 6.01. The Bertz CT molecular complexity index is 900. The Hall–Kier alpha value is -2.23. The van der Waals surface area contributed by atoms with Crippen LogP contribution in [0.25, 0.3) is 23.1 Å². The lowest BCUT2D eigenvalue weighted by molar-refractivity contribution is 0.394. The van der Waals surface area contributed by atoms with Crippen molar-refractivity contribution in [3.63, 3.8) is 0 Å². The Labute approximate surface area is 150 Å². The summed E-state index contributed by atoms with van der Waals surface area (Å²) in [6, 6.07) is 12.9. The summed E-state index contributed by atoms with van der Waals surface area (Å²) >= 11 is 12.3. The van der Waals surface area contributed by atoms with Gasteiger partial charge in [0, 0.05) is 16.5 Å². The lowest BCUT2D eigenvalue weighted by Crippen LogP contribution is -1.88. The maximum Gasteiger partial charge on any atom is 0.123 e. The number of benzene rings is 2. The standard InChI is InChI=1S/C19H15Cl2NO2/c1-23-15-7-12(8-16(11-15)24-2)3-5-14-10-18(21)17-9-13(20)4-6-19(17)22-14/h3-11H,1-2H3/b5-3+. The fraction of sp³-hybridized carbons (Fsp3) is 0.105. The third-order valence-corrected chi connectivity index (χ3v) is 4.11. The van der Waals surface area contributed by atoms with E-state index in [9.17, 15) is 0 Å². The highest BCUT2D eigenvalue weighted by Crippen LogP contribution is 2.27. The quantitative estimate of drug-likeness (QED) is 0.595. The number of rotatable bonds is 4. The number of ether oxygens (including phenoxy) is 2. The Kier molecular flexibility index (Phi) is 4.93. The van der Waals surface area contributed by atoms with E-state index in [1.165, 1.54) is 0 Å². The van der Waals surface area contributed by atoms with Gasteiger partial charge in [-0.25, -0.2) is 4.98 Å². The Morgan fingerprint density at radius 1 is 0.875 bits per heavy atom. The van der Waals surface area contributed by atoms with Crippen LogP contribution in [0, 0.1) is 0 Å². The second kappa shape index (κ2) is 7.12. The van der Waals surface area contributed by atoms with Crippen LogP contribution in [0.1, 0.15) is 11.3 Å². The molecule has 0 bridgehead atoms. The molecule has 3 aromatic rings. The van der Waals surface area contributed by atoms with Crippen LogP contribution in [0.2, 0.25) is 10.0 Å². The molecule has 0 atom stereocenters. The highest BCUT2D eigenvalue weighted by molar-refractivity contribution is 6.36. The molecule has 3 nitrogen and oxygen atoms in total. The first-order valence-corrected chi connectivity index (χ1v) is 8.01. The van der Waals surface area contributed by atoms with Crippen LogP contribution in [0.15, 0.2) is 42.5 Å². The average molecular weight is 360 g/mol. The summed E-state index contributed by atoms with van der Waals surface area (Å²) in [5.41, 5.74) is 2.51. The summed E-state index contributed by atoms with van der Waals surface area (Å²) < 4.78 is 10.5. The topological polar surface area (TPSA) is 31.4 Å². The Morgan fingerprint density at radius 2 is 1.58 bits per heavy atom. The molecule has 0 spiro atoms. The highest BCUT2D eigenvalue weighted by atomic mass is 35.5. The largest absolute Gasteiger partial charge is 0.497 e. The number of halogens is 2. The van der Waals surface area contributed by atoms with Gasteiger partial charge in [-0.2, -0.15) is 0 Å². The molecule has 0 aliphatic rings. The van der Waals surface area contributed by atoms with E-state index < -0.39 is 0 Å². The van der Waals surface area contributed by atoms with E-state index in [4.69, 9.17) is 32.7 Å². The van der Waals surface area contributed by atoms with Crippen molar-refractivity contribution in [2.45, 2.75) is 0 Å². The van der Waals surface area contributed by atoms with Gasteiger partial charge < -0.3 is 9.47 Å². The maximum absolute atomic E-state index is 6.34. The summed E-state index contributed by atoms with van der Waals surface area (Å²) in [6.07, 6.45) is 3.83. The SMILES string of the molecule is COc1cc(/C=C/c2cc(Cl)c3cc(Cl)ccc3n2)cc(OC)c1. The average Bonchev–Trinajstić information content (AvgIpc) is 2.60. The number of hydrogen-bond donors (Lipinski definition) is 0. The number of pyridine rings is 1. The molecule has 2 aromatic carbocycles. The molecule has 0 N–H and O–H groups in total. The third-order valence-electron chi connectivity index (χ3n) is 3.56. The molecule has 0 unspecified atom stereocenters. The monoisotopic (exact) mass is 359 g/mol. The lowest BCUT2D eigenvalue weighted by Gasteiger charge is -2.06. The van der Waals surface area contributed by atoms with Crippen molar-refractivity contribution in [3.8, 4) is 11.5 Å². The van der Waals surface area contributed by atoms with Crippen molar-refractivity contribution >= 4 is 46.3 Å². The van der Waals surface area contributed by atoms with Crippen LogP contribution < -0.4 is 9.47 Å². The van der Waals surface area contributed by atoms with E-state index >= 15 is 0 Å². The molecule has 0 saturated heterocycles. The molecular formula is C19H15Cl2NO2. The molecule has 3 rings (SSSR count). The Balaban J connectivity index is 1.97. The van der Waals surface area contributed by atoms with Gasteiger partial charge in [-0.05, 0) is 48.0 Å². The van der Waals surface area contributed by atoms with Gasteiger partial charge in [0.25, 0.3) is 0 Å². The van der Waals surface area contributed by atoms with Gasteiger partial charge >= 0.3 is 0 Å². The van der Waals surface area contributed by atoms with Gasteiger partial charge in [0.1, 0.15) is 11.5 Å². The third kappa shape index (κ3) is 3.64. The molecule has 0 radical (unpaired) electrons. The van der Waals surface area contributed by atoms with Crippen molar-refractivity contribution in [2.75, 3.05) is 14.2 Å². The molecular weight excluding hydrogens is 345 g/mol. The maximum atomic E-state index is 6.34. The molecule has 122 valence electrons. The van der Waals surface area contributed by atoms with E-state index in [2.05, 4.69) is 4.98 Å². The molecule has 1 heterocycles. The number of hydrogen-bond acceptors (Lipinski definition) is 3. The number of fused-ring (bicyclic) bond motifs is 1. The number of nitrogens with zero attached hydrogens (tertiary/aromatic N) is 1. The zero-order chi connectivity index (χ0) is 17.1. The first-order chi connectivity index (χ1) is 11.6. The van der Waals surface area contributed by atoms with Crippen molar-refractivity contribution < 1.29 is 9.47 Å². The van der Waals surface area contributed by atoms with E-state index in [-0.39, 0.29) is 0 Å². The van der Waals surface area contributed by atoms with E-state index in [0.29, 0.717) is 10.0 Å². The first-order valence-electron chi connectivity index (χ1n) is 7.26. The second-order valence-electron chi connectivity index (χ2n) is 5.17. The molecule has 0 amide bonds. The summed E-state index contributed by atoms with van der Waals surface area (Å²) in [6.45, 7) is 0. The molecule has 0 saturated carbocycles. The summed E-state index contributed by atoms with van der Waals surface area (Å²) in [5.74, 6) is 1.46. The van der Waals surface area contributed by atoms with Crippen molar-refractivity contribution in [3.05, 3.63) is 63.8 Å². The fourth-order valence-corrected chi connectivity index (χ4v) is 2.80. The van der Waals surface area contributed by atoms with Crippen molar-refractivity contribution in [1.29, 1.82) is 0 Å². The van der Waals surface area contributed by atoms with E-state index in [0.717, 1.165) is 33.7 Å². The minimum atomic E-state index is 0.616. The predicted octanol–water partition coefficient (Wildman–Crippen LogP) is 5.73. The van der Waals surface area contributed by atoms with Crippen LogP contribution in [-0.2, 0) is 0 Å². The fourth-order valence-electron chi connectivity index (χ4n) is 2.37.